The zero-order valence-corrected chi connectivity index (χ0v) is 51.3. The number of amides is 5. The third-order valence-corrected chi connectivity index (χ3v) is 16.7. The number of thiazole rings is 2. The number of ketones is 1. The Kier molecular flexibility index (Phi) is 25.8. The van der Waals surface area contributed by atoms with Gasteiger partial charge >= 0.3 is 0 Å². The van der Waals surface area contributed by atoms with Gasteiger partial charge in [0.15, 0.2) is 12.0 Å². The molecule has 24 heteroatoms. The number of benzene rings is 2. The van der Waals surface area contributed by atoms with Gasteiger partial charge in [0.25, 0.3) is 0 Å². The molecule has 2 aliphatic rings. The Bertz CT molecular complexity index is 2580. The second kappa shape index (κ2) is 32.2. The second-order valence-corrected chi connectivity index (χ2v) is 25.0. The molecule has 2 fully saturated rings. The molecule has 2 aliphatic heterocycles. The van der Waals surface area contributed by atoms with Crippen LogP contribution in [0.5, 0.6) is 0 Å². The summed E-state index contributed by atoms with van der Waals surface area (Å²) in [4.78, 5) is 94.4. The number of hydrogen-bond donors (Lipinski definition) is 5. The molecule has 8 atom stereocenters. The number of Topliss-reactive ketones (excluding diaryl/α,β-unsaturated/α-hetero) is 1. The Balaban J connectivity index is 0.778. The molecule has 2 aromatic carbocycles. The lowest BCUT2D eigenvalue weighted by molar-refractivity contribution is -0.147. The summed E-state index contributed by atoms with van der Waals surface area (Å²) in [5, 5.41) is 29.7. The third-order valence-electron chi connectivity index (χ3n) is 14.7. The van der Waals surface area contributed by atoms with Gasteiger partial charge in [0.1, 0.15) is 37.4 Å². The van der Waals surface area contributed by atoms with Crippen molar-refractivity contribution in [3.8, 4) is 20.9 Å². The van der Waals surface area contributed by atoms with Crippen molar-refractivity contribution in [1.82, 2.24) is 35.7 Å². The molecule has 0 bridgehead atoms. The van der Waals surface area contributed by atoms with Crippen LogP contribution in [-0.2, 0) is 70.3 Å². The van der Waals surface area contributed by atoms with Gasteiger partial charge in [-0.15, -0.1) is 22.7 Å². The molecule has 2 aromatic heterocycles. The monoisotopic (exact) mass is 1210 g/mol. The van der Waals surface area contributed by atoms with E-state index in [1.165, 1.54) is 16.2 Å². The van der Waals surface area contributed by atoms with E-state index in [0.29, 0.717) is 26.4 Å². The van der Waals surface area contributed by atoms with E-state index in [0.717, 1.165) is 48.3 Å². The Labute approximate surface area is 499 Å². The Morgan fingerprint density at radius 3 is 1.45 bits per heavy atom. The molecular formula is C60H84FN7O14S2. The number of aliphatic hydroxyl groups excluding tert-OH is 2. The summed E-state index contributed by atoms with van der Waals surface area (Å²) in [5.74, 6) is -4.53. The largest absolute Gasteiger partial charge is 0.391 e. The first kappa shape index (κ1) is 67.5. The third kappa shape index (κ3) is 19.4. The number of hydrogen-bond acceptors (Lipinski definition) is 18. The van der Waals surface area contributed by atoms with E-state index in [1.54, 1.807) is 50.1 Å². The lowest BCUT2D eigenvalue weighted by Gasteiger charge is -2.35. The molecule has 5 N–H and O–H groups in total. The van der Waals surface area contributed by atoms with Crippen LogP contribution in [0, 0.1) is 36.5 Å². The number of carbonyl (C=O) groups excluding carboxylic acids is 6. The maximum Gasteiger partial charge on any atom is 0.246 e. The first-order valence-electron chi connectivity index (χ1n) is 28.4. The van der Waals surface area contributed by atoms with Gasteiger partial charge in [-0.25, -0.2) is 14.4 Å². The minimum absolute atomic E-state index is 0.0523. The van der Waals surface area contributed by atoms with Crippen LogP contribution in [0.4, 0.5) is 4.39 Å². The van der Waals surface area contributed by atoms with Crippen molar-refractivity contribution >= 4 is 58.0 Å². The standard InChI is InChI=1S/C60H84FN7O14S2/c1-37-46(70)31-67(50(37)55(73)62-29-40-10-14-42(15-11-40)52-38(2)64-35-83-52)58(76)54(60(7,8)9)66-48(72)34-82-27-25-80-23-21-78-19-18-77-20-22-79-24-26-81-33-44(69)28-45(59(4,5)6)57(75)68-32-47(71)49(61)51(68)56(74)63-30-41-12-16-43(17-13-41)53-39(3)65-36-84-53/h10-17,35-37,45-47,49-51,54,70-71H,18-34H2,1-9H3,(H,62,73)(H,63,74)(H,66,72)/t37-,45+,46-,47-,49-,50-,51-,54+/m0/s1. The van der Waals surface area contributed by atoms with Crippen LogP contribution in [0.1, 0.15) is 77.4 Å². The molecule has 0 aliphatic carbocycles. The highest BCUT2D eigenvalue weighted by atomic mass is 32.1. The number of halogens is 1. The average Bonchev–Trinajstić information content (AvgIpc) is 4.26. The van der Waals surface area contributed by atoms with E-state index in [4.69, 9.17) is 28.4 Å². The number of alkyl halides is 1. The summed E-state index contributed by atoms with van der Waals surface area (Å²) in [5.41, 5.74) is 7.62. The van der Waals surface area contributed by atoms with Gasteiger partial charge in [-0.3, -0.25) is 28.8 Å². The fourth-order valence-electron chi connectivity index (χ4n) is 9.80. The Morgan fingerprint density at radius 1 is 0.607 bits per heavy atom. The number of likely N-dealkylation sites (tertiary alicyclic amines) is 2. The predicted molar refractivity (Wildman–Crippen MR) is 314 cm³/mol. The minimum atomic E-state index is -2.01. The topological polar surface area (TPSA) is 267 Å². The molecular weight excluding hydrogens is 1130 g/mol. The maximum absolute atomic E-state index is 15.4. The second-order valence-electron chi connectivity index (χ2n) is 23.3. The molecule has 0 unspecified atom stereocenters. The van der Waals surface area contributed by atoms with Crippen molar-refractivity contribution in [2.24, 2.45) is 22.7 Å². The molecule has 0 spiro atoms. The molecule has 6 rings (SSSR count). The number of nitrogens with one attached hydrogen (secondary N) is 3. The number of aromatic nitrogens is 2. The molecule has 21 nitrogen and oxygen atoms in total. The van der Waals surface area contributed by atoms with Crippen molar-refractivity contribution in [3.05, 3.63) is 82.1 Å². The Hall–Kier alpha value is -5.67. The van der Waals surface area contributed by atoms with Crippen molar-refractivity contribution in [2.75, 3.05) is 92.4 Å². The summed E-state index contributed by atoms with van der Waals surface area (Å²) in [7, 11) is 0. The van der Waals surface area contributed by atoms with Gasteiger partial charge < -0.3 is 64.4 Å². The summed E-state index contributed by atoms with van der Waals surface area (Å²) < 4.78 is 48.7. The van der Waals surface area contributed by atoms with E-state index in [-0.39, 0.29) is 91.2 Å². The first-order chi connectivity index (χ1) is 40.0. The number of ether oxygens (including phenoxy) is 6. The van der Waals surface area contributed by atoms with Gasteiger partial charge in [0.2, 0.25) is 29.5 Å². The molecule has 462 valence electrons. The van der Waals surface area contributed by atoms with Gasteiger partial charge in [-0.1, -0.05) is 97.0 Å². The SMILES string of the molecule is Cc1ncsc1-c1ccc(CNC(=O)[C@@H]2[C@@H](C)[C@@H](O)CN2C(=O)[C@@H](NC(=O)COCCOCCOCCOCCOCCOCC(=O)C[C@H](C(=O)N2C[C@H](O)[C@H](F)[C@H]2C(=O)NCc2ccc(-c3scnc3C)cc2)C(C)(C)C)C(C)(C)C)cc1. The number of aryl methyl sites for hydroxylation is 2. The maximum atomic E-state index is 15.4. The molecule has 4 heterocycles. The van der Waals surface area contributed by atoms with Crippen LogP contribution in [-0.4, -0.2) is 194 Å². The molecule has 2 saturated heterocycles. The van der Waals surface area contributed by atoms with Crippen molar-refractivity contribution in [3.63, 3.8) is 0 Å². The van der Waals surface area contributed by atoms with Gasteiger partial charge in [0.05, 0.1) is 111 Å². The highest BCUT2D eigenvalue weighted by molar-refractivity contribution is 7.13. The minimum Gasteiger partial charge on any atom is -0.391 e. The molecule has 84 heavy (non-hydrogen) atoms. The number of aliphatic hydroxyl groups is 2. The van der Waals surface area contributed by atoms with Crippen molar-refractivity contribution in [2.45, 2.75) is 118 Å². The van der Waals surface area contributed by atoms with Crippen LogP contribution in [0.25, 0.3) is 20.9 Å². The van der Waals surface area contributed by atoms with Gasteiger partial charge in [-0.2, -0.15) is 0 Å². The fraction of sp³-hybridized carbons (Fsp3) is 0.600. The number of rotatable bonds is 32. The number of nitrogens with zero attached hydrogens (tertiary/aromatic N) is 4. The van der Waals surface area contributed by atoms with E-state index < -0.39 is 88.7 Å². The van der Waals surface area contributed by atoms with Crippen LogP contribution >= 0.6 is 22.7 Å². The zero-order valence-electron chi connectivity index (χ0n) is 49.7. The van der Waals surface area contributed by atoms with Crippen LogP contribution in [0.2, 0.25) is 0 Å². The molecule has 5 amide bonds. The highest BCUT2D eigenvalue weighted by Gasteiger charge is 2.51. The fourth-order valence-corrected chi connectivity index (χ4v) is 11.4. The highest BCUT2D eigenvalue weighted by Crippen LogP contribution is 2.35. The molecule has 0 saturated carbocycles. The van der Waals surface area contributed by atoms with Crippen LogP contribution in [0.15, 0.2) is 59.6 Å². The predicted octanol–water partition coefficient (Wildman–Crippen LogP) is 4.85. The van der Waals surface area contributed by atoms with Crippen molar-refractivity contribution in [1.29, 1.82) is 0 Å². The average molecular weight is 1210 g/mol. The zero-order chi connectivity index (χ0) is 61.1. The summed E-state index contributed by atoms with van der Waals surface area (Å²) in [6, 6.07) is 11.8. The lowest BCUT2D eigenvalue weighted by Crippen LogP contribution is -2.58. The van der Waals surface area contributed by atoms with Gasteiger partial charge in [0, 0.05) is 37.9 Å². The van der Waals surface area contributed by atoms with E-state index >= 15 is 4.39 Å². The quantitative estimate of drug-likeness (QED) is 0.0409. The Morgan fingerprint density at radius 2 is 1.02 bits per heavy atom. The van der Waals surface area contributed by atoms with E-state index in [1.807, 2.05) is 83.1 Å². The normalized spacial score (nSPS) is 19.8. The lowest BCUT2D eigenvalue weighted by atomic mass is 9.77. The van der Waals surface area contributed by atoms with E-state index in [9.17, 15) is 39.0 Å². The summed E-state index contributed by atoms with van der Waals surface area (Å²) >= 11 is 3.09. The smallest absolute Gasteiger partial charge is 0.246 e. The summed E-state index contributed by atoms with van der Waals surface area (Å²) in [6.07, 6.45) is -4.70. The van der Waals surface area contributed by atoms with Crippen LogP contribution < -0.4 is 16.0 Å². The first-order valence-corrected chi connectivity index (χ1v) is 30.1. The number of carbonyl (C=O) groups is 6. The van der Waals surface area contributed by atoms with Gasteiger partial charge in [-0.05, 0) is 46.9 Å². The molecule has 4 aromatic rings. The molecule has 0 radical (unpaired) electrons. The van der Waals surface area contributed by atoms with Crippen LogP contribution in [0.3, 0.4) is 0 Å². The van der Waals surface area contributed by atoms with Crippen molar-refractivity contribution < 1.29 is 71.8 Å². The summed E-state index contributed by atoms with van der Waals surface area (Å²) in [6.45, 7) is 18.0. The van der Waals surface area contributed by atoms with E-state index in [2.05, 4.69) is 25.9 Å². The number of β-amino-alcohol motifs (C(OH)–C–C–N with tert-alkyl or cyclic N) is 2.